The van der Waals surface area contributed by atoms with Crippen molar-refractivity contribution in [3.63, 3.8) is 0 Å². The molecule has 0 unspecified atom stereocenters. The SMILES string of the molecule is CCCNC(=O)[C@H](Cc1ccccc1)N(Cc1ccc(C)cc1)C(=O)CN(c1ccc(OCC)cc1)S(=O)(=O)c1ccccc1. The first-order chi connectivity index (χ1) is 21.7. The fourth-order valence-electron chi connectivity index (χ4n) is 4.93. The van der Waals surface area contributed by atoms with Crippen molar-refractivity contribution >= 4 is 27.5 Å². The predicted octanol–water partition coefficient (Wildman–Crippen LogP) is 5.76. The Balaban J connectivity index is 1.78. The van der Waals surface area contributed by atoms with Gasteiger partial charge in [0.1, 0.15) is 18.3 Å². The van der Waals surface area contributed by atoms with Crippen molar-refractivity contribution in [3.05, 3.63) is 126 Å². The highest BCUT2D eigenvalue weighted by atomic mass is 32.2. The Hall–Kier alpha value is -4.63. The molecule has 0 saturated heterocycles. The Bertz CT molecular complexity index is 1630. The van der Waals surface area contributed by atoms with Gasteiger partial charge in [-0.15, -0.1) is 0 Å². The van der Waals surface area contributed by atoms with Gasteiger partial charge in [-0.05, 0) is 67.8 Å². The van der Waals surface area contributed by atoms with Crippen LogP contribution in [0.2, 0.25) is 0 Å². The van der Waals surface area contributed by atoms with Gasteiger partial charge in [-0.1, -0.05) is 85.3 Å². The number of hydrogen-bond donors (Lipinski definition) is 1. The van der Waals surface area contributed by atoms with Crippen molar-refractivity contribution in [1.82, 2.24) is 10.2 Å². The van der Waals surface area contributed by atoms with E-state index in [1.165, 1.54) is 17.0 Å². The summed E-state index contributed by atoms with van der Waals surface area (Å²) in [5.74, 6) is -0.211. The molecule has 1 N–H and O–H groups in total. The molecular formula is C36H41N3O5S. The van der Waals surface area contributed by atoms with E-state index in [4.69, 9.17) is 4.74 Å². The van der Waals surface area contributed by atoms with E-state index in [9.17, 15) is 18.0 Å². The standard InChI is InChI=1S/C36H41N3O5S/c1-4-24-37-36(41)34(25-29-12-8-6-9-13-29)38(26-30-18-16-28(3)17-19-30)35(40)27-39(31-20-22-32(23-21-31)44-5-2)45(42,43)33-14-10-7-11-15-33/h6-23,34H,4-5,24-27H2,1-3H3,(H,37,41)/t34-/m0/s1. The van der Waals surface area contributed by atoms with Gasteiger partial charge >= 0.3 is 0 Å². The van der Waals surface area contributed by atoms with E-state index in [2.05, 4.69) is 5.32 Å². The number of benzene rings is 4. The molecule has 1 atom stereocenters. The quantitative estimate of drug-likeness (QED) is 0.181. The zero-order valence-electron chi connectivity index (χ0n) is 26.1. The molecule has 4 aromatic rings. The van der Waals surface area contributed by atoms with Gasteiger partial charge in [-0.25, -0.2) is 8.42 Å². The summed E-state index contributed by atoms with van der Waals surface area (Å²) in [4.78, 5) is 29.7. The molecule has 0 bridgehead atoms. The molecule has 0 spiro atoms. The normalized spacial score (nSPS) is 11.8. The molecular weight excluding hydrogens is 586 g/mol. The first kappa shape index (κ1) is 33.3. The number of nitrogens with zero attached hydrogens (tertiary/aromatic N) is 2. The summed E-state index contributed by atoms with van der Waals surface area (Å²) in [5.41, 5.74) is 3.08. The van der Waals surface area contributed by atoms with Crippen molar-refractivity contribution < 1.29 is 22.7 Å². The second-order valence-electron chi connectivity index (χ2n) is 10.8. The number of ether oxygens (including phenoxy) is 1. The van der Waals surface area contributed by atoms with Crippen LogP contribution in [0.3, 0.4) is 0 Å². The molecule has 2 amide bonds. The second kappa shape index (κ2) is 15.9. The van der Waals surface area contributed by atoms with Crippen molar-refractivity contribution in [2.45, 2.75) is 51.1 Å². The van der Waals surface area contributed by atoms with Crippen molar-refractivity contribution in [3.8, 4) is 5.75 Å². The second-order valence-corrected chi connectivity index (χ2v) is 12.6. The van der Waals surface area contributed by atoms with Crippen LogP contribution < -0.4 is 14.4 Å². The van der Waals surface area contributed by atoms with Crippen LogP contribution in [0.1, 0.15) is 37.0 Å². The van der Waals surface area contributed by atoms with Crippen LogP contribution >= 0.6 is 0 Å². The molecule has 45 heavy (non-hydrogen) atoms. The van der Waals surface area contributed by atoms with E-state index in [1.54, 1.807) is 42.5 Å². The van der Waals surface area contributed by atoms with Gasteiger partial charge < -0.3 is 15.0 Å². The zero-order valence-corrected chi connectivity index (χ0v) is 26.9. The molecule has 236 valence electrons. The molecule has 0 aliphatic heterocycles. The van der Waals surface area contributed by atoms with Gasteiger partial charge in [0, 0.05) is 19.5 Å². The van der Waals surface area contributed by atoms with Gasteiger partial charge in [-0.3, -0.25) is 13.9 Å². The van der Waals surface area contributed by atoms with Gasteiger partial charge in [0.05, 0.1) is 17.2 Å². The lowest BCUT2D eigenvalue weighted by molar-refractivity contribution is -0.140. The average Bonchev–Trinajstić information content (AvgIpc) is 3.06. The van der Waals surface area contributed by atoms with Crippen LogP contribution in [0.4, 0.5) is 5.69 Å². The van der Waals surface area contributed by atoms with Gasteiger partial charge in [-0.2, -0.15) is 0 Å². The summed E-state index contributed by atoms with van der Waals surface area (Å²) in [6.07, 6.45) is 0.999. The highest BCUT2D eigenvalue weighted by molar-refractivity contribution is 7.92. The van der Waals surface area contributed by atoms with E-state index in [-0.39, 0.29) is 23.8 Å². The molecule has 0 heterocycles. The van der Waals surface area contributed by atoms with Crippen LogP contribution in [0.15, 0.2) is 114 Å². The number of sulfonamides is 1. The highest BCUT2D eigenvalue weighted by Gasteiger charge is 2.34. The minimum absolute atomic E-state index is 0.0540. The average molecular weight is 628 g/mol. The lowest BCUT2D eigenvalue weighted by Crippen LogP contribution is -2.53. The van der Waals surface area contributed by atoms with E-state index in [0.717, 1.165) is 27.4 Å². The number of rotatable bonds is 15. The third-order valence-electron chi connectivity index (χ3n) is 7.34. The maximum atomic E-state index is 14.5. The Morgan fingerprint density at radius 3 is 2.02 bits per heavy atom. The van der Waals surface area contributed by atoms with Gasteiger partial charge in [0.25, 0.3) is 10.0 Å². The minimum atomic E-state index is -4.16. The largest absolute Gasteiger partial charge is 0.494 e. The third-order valence-corrected chi connectivity index (χ3v) is 9.13. The summed E-state index contributed by atoms with van der Waals surface area (Å²) in [6.45, 7) is 6.33. The van der Waals surface area contributed by atoms with Crippen LogP contribution in [0, 0.1) is 6.92 Å². The van der Waals surface area contributed by atoms with Crippen molar-refractivity contribution in [2.75, 3.05) is 24.0 Å². The fraction of sp³-hybridized carbons (Fsp3) is 0.278. The Labute approximate surface area is 266 Å². The number of amides is 2. The van der Waals surface area contributed by atoms with Crippen LogP contribution in [-0.2, 0) is 32.6 Å². The Kier molecular flexibility index (Phi) is 11.8. The zero-order chi connectivity index (χ0) is 32.2. The molecule has 0 aromatic heterocycles. The minimum Gasteiger partial charge on any atom is -0.494 e. The summed E-state index contributed by atoms with van der Waals surface area (Å²) in [7, 11) is -4.16. The van der Waals surface area contributed by atoms with E-state index >= 15 is 0 Å². The van der Waals surface area contributed by atoms with Gasteiger partial charge in [0.2, 0.25) is 11.8 Å². The van der Waals surface area contributed by atoms with Crippen LogP contribution in [0.5, 0.6) is 5.75 Å². The molecule has 8 nitrogen and oxygen atoms in total. The summed E-state index contributed by atoms with van der Waals surface area (Å²) in [5, 5.41) is 2.96. The lowest BCUT2D eigenvalue weighted by atomic mass is 10.0. The first-order valence-corrected chi connectivity index (χ1v) is 16.6. The highest BCUT2D eigenvalue weighted by Crippen LogP contribution is 2.27. The van der Waals surface area contributed by atoms with Crippen molar-refractivity contribution in [1.29, 1.82) is 0 Å². The van der Waals surface area contributed by atoms with E-state index in [1.807, 2.05) is 75.4 Å². The fourth-order valence-corrected chi connectivity index (χ4v) is 6.37. The van der Waals surface area contributed by atoms with Crippen LogP contribution in [0.25, 0.3) is 0 Å². The first-order valence-electron chi connectivity index (χ1n) is 15.2. The number of nitrogens with one attached hydrogen (secondary N) is 1. The monoisotopic (exact) mass is 627 g/mol. The summed E-state index contributed by atoms with van der Waals surface area (Å²) >= 11 is 0. The smallest absolute Gasteiger partial charge is 0.264 e. The number of anilines is 1. The topological polar surface area (TPSA) is 96.0 Å². The van der Waals surface area contributed by atoms with E-state index < -0.39 is 28.5 Å². The van der Waals surface area contributed by atoms with Crippen molar-refractivity contribution in [2.24, 2.45) is 0 Å². The maximum Gasteiger partial charge on any atom is 0.264 e. The molecule has 9 heteroatoms. The van der Waals surface area contributed by atoms with E-state index in [0.29, 0.717) is 24.6 Å². The predicted molar refractivity (Wildman–Crippen MR) is 178 cm³/mol. The van der Waals surface area contributed by atoms with Crippen LogP contribution in [-0.4, -0.2) is 50.9 Å². The number of carbonyl (C=O) groups excluding carboxylic acids is 2. The molecule has 4 rings (SSSR count). The number of carbonyl (C=O) groups is 2. The number of aryl methyl sites for hydroxylation is 1. The molecule has 0 aliphatic carbocycles. The van der Waals surface area contributed by atoms with Gasteiger partial charge in [0.15, 0.2) is 0 Å². The molecule has 0 aliphatic rings. The number of hydrogen-bond acceptors (Lipinski definition) is 5. The Morgan fingerprint density at radius 1 is 0.800 bits per heavy atom. The summed E-state index contributed by atoms with van der Waals surface area (Å²) < 4.78 is 34.8. The molecule has 0 saturated carbocycles. The molecule has 0 radical (unpaired) electrons. The third kappa shape index (κ3) is 8.95. The summed E-state index contributed by atoms with van der Waals surface area (Å²) in [6, 6.07) is 31.0. The molecule has 0 fully saturated rings. The Morgan fingerprint density at radius 2 is 1.42 bits per heavy atom. The lowest BCUT2D eigenvalue weighted by Gasteiger charge is -2.34. The maximum absolute atomic E-state index is 14.5. The molecule has 4 aromatic carbocycles.